The molecule has 1 heterocycles. The van der Waals surface area contributed by atoms with Crippen LogP contribution < -0.4 is 16.2 Å². The van der Waals surface area contributed by atoms with Gasteiger partial charge in [-0.15, -0.1) is 0 Å². The Bertz CT molecular complexity index is 331. The fourth-order valence-corrected chi connectivity index (χ4v) is 1.18. The molecule has 0 bridgehead atoms. The van der Waals surface area contributed by atoms with Crippen LogP contribution in [0.3, 0.4) is 0 Å². The molecule has 4 nitrogen and oxygen atoms in total. The third-order valence-corrected chi connectivity index (χ3v) is 1.84. The van der Waals surface area contributed by atoms with Gasteiger partial charge in [-0.1, -0.05) is 0 Å². The van der Waals surface area contributed by atoms with Crippen molar-refractivity contribution in [2.24, 2.45) is 5.73 Å². The van der Waals surface area contributed by atoms with Gasteiger partial charge in [0, 0.05) is 12.1 Å². The van der Waals surface area contributed by atoms with Crippen molar-refractivity contribution in [2.75, 3.05) is 12.8 Å². The second-order valence-corrected chi connectivity index (χ2v) is 2.62. The van der Waals surface area contributed by atoms with Crippen molar-refractivity contribution < 1.29 is 13.5 Å². The fourth-order valence-electron chi connectivity index (χ4n) is 1.18. The molecule has 1 aromatic heterocycles. The molecule has 14 heavy (non-hydrogen) atoms. The van der Waals surface area contributed by atoms with Crippen molar-refractivity contribution in [2.45, 2.75) is 13.0 Å². The van der Waals surface area contributed by atoms with Gasteiger partial charge in [-0.3, -0.25) is 0 Å². The maximum atomic E-state index is 12.6. The van der Waals surface area contributed by atoms with Crippen molar-refractivity contribution in [3.63, 3.8) is 0 Å². The van der Waals surface area contributed by atoms with E-state index in [1.54, 1.807) is 0 Å². The molecular formula is C8H11F2N3O. The normalized spacial score (nSPS) is 10.6. The van der Waals surface area contributed by atoms with E-state index in [9.17, 15) is 8.78 Å². The van der Waals surface area contributed by atoms with Gasteiger partial charge in [0.15, 0.2) is 0 Å². The Hall–Kier alpha value is -1.43. The second-order valence-electron chi connectivity index (χ2n) is 2.62. The lowest BCUT2D eigenvalue weighted by Gasteiger charge is -2.12. The number of pyridine rings is 1. The van der Waals surface area contributed by atoms with Crippen LogP contribution >= 0.6 is 0 Å². The number of nitrogen functional groups attached to an aromatic ring is 1. The Labute approximate surface area is 79.9 Å². The molecule has 0 unspecified atom stereocenters. The Kier molecular flexibility index (Phi) is 3.19. The molecule has 0 aliphatic rings. The number of anilines is 1. The molecule has 0 saturated heterocycles. The third-order valence-electron chi connectivity index (χ3n) is 1.84. The molecule has 0 saturated carbocycles. The molecule has 78 valence electrons. The molecule has 1 aromatic rings. The molecular weight excluding hydrogens is 192 g/mol. The van der Waals surface area contributed by atoms with Crippen LogP contribution in [0.2, 0.25) is 0 Å². The van der Waals surface area contributed by atoms with Gasteiger partial charge in [-0.25, -0.2) is 13.8 Å². The zero-order chi connectivity index (χ0) is 10.7. The van der Waals surface area contributed by atoms with Crippen molar-refractivity contribution in [1.82, 2.24) is 4.98 Å². The SMILES string of the molecule is COc1ncc(N)c(CN)c1C(F)F. The second kappa shape index (κ2) is 4.19. The summed E-state index contributed by atoms with van der Waals surface area (Å²) >= 11 is 0. The van der Waals surface area contributed by atoms with Crippen LogP contribution in [0.25, 0.3) is 0 Å². The summed E-state index contributed by atoms with van der Waals surface area (Å²) in [6.45, 7) is -0.0651. The van der Waals surface area contributed by atoms with Gasteiger partial charge in [0.05, 0.1) is 24.6 Å². The first-order valence-electron chi connectivity index (χ1n) is 3.91. The smallest absolute Gasteiger partial charge is 0.269 e. The molecule has 0 radical (unpaired) electrons. The van der Waals surface area contributed by atoms with Gasteiger partial charge in [0.25, 0.3) is 6.43 Å². The van der Waals surface area contributed by atoms with Crippen LogP contribution in [0.4, 0.5) is 14.5 Å². The molecule has 0 atom stereocenters. The predicted molar refractivity (Wildman–Crippen MR) is 48.0 cm³/mol. The summed E-state index contributed by atoms with van der Waals surface area (Å²) < 4.78 is 29.9. The average molecular weight is 203 g/mol. The van der Waals surface area contributed by atoms with E-state index < -0.39 is 6.43 Å². The molecule has 0 fully saturated rings. The number of hydrogen-bond donors (Lipinski definition) is 2. The largest absolute Gasteiger partial charge is 0.481 e. The van der Waals surface area contributed by atoms with Crippen LogP contribution in [-0.4, -0.2) is 12.1 Å². The summed E-state index contributed by atoms with van der Waals surface area (Å²) in [6.07, 6.45) is -1.44. The predicted octanol–water partition coefficient (Wildman–Crippen LogP) is 1.07. The van der Waals surface area contributed by atoms with E-state index in [1.165, 1.54) is 13.3 Å². The molecule has 0 aromatic carbocycles. The van der Waals surface area contributed by atoms with Crippen LogP contribution in [0, 0.1) is 0 Å². The van der Waals surface area contributed by atoms with Crippen LogP contribution in [0.15, 0.2) is 6.20 Å². The van der Waals surface area contributed by atoms with Crippen molar-refractivity contribution in [1.29, 1.82) is 0 Å². The number of hydrogen-bond acceptors (Lipinski definition) is 4. The number of alkyl halides is 2. The third kappa shape index (κ3) is 1.74. The average Bonchev–Trinajstić information content (AvgIpc) is 2.17. The summed E-state index contributed by atoms with van der Waals surface area (Å²) in [5, 5.41) is 0. The van der Waals surface area contributed by atoms with Crippen LogP contribution in [0.5, 0.6) is 5.88 Å². The minimum absolute atomic E-state index is 0.0651. The lowest BCUT2D eigenvalue weighted by atomic mass is 10.1. The maximum Gasteiger partial charge on any atom is 0.269 e. The molecule has 6 heteroatoms. The van der Waals surface area contributed by atoms with E-state index in [4.69, 9.17) is 16.2 Å². The van der Waals surface area contributed by atoms with E-state index in [1.807, 2.05) is 0 Å². The van der Waals surface area contributed by atoms with Crippen LogP contribution in [-0.2, 0) is 6.54 Å². The highest BCUT2D eigenvalue weighted by atomic mass is 19.3. The lowest BCUT2D eigenvalue weighted by molar-refractivity contribution is 0.145. The van der Waals surface area contributed by atoms with E-state index in [0.717, 1.165) is 0 Å². The summed E-state index contributed by atoms with van der Waals surface area (Å²) in [5.41, 5.74) is 10.8. The zero-order valence-electron chi connectivity index (χ0n) is 7.63. The molecule has 0 aliphatic carbocycles. The Morgan fingerprint density at radius 1 is 1.57 bits per heavy atom. The van der Waals surface area contributed by atoms with E-state index in [2.05, 4.69) is 4.98 Å². The molecule has 0 amide bonds. The molecule has 4 N–H and O–H groups in total. The van der Waals surface area contributed by atoms with Gasteiger partial charge >= 0.3 is 0 Å². The number of methoxy groups -OCH3 is 1. The highest BCUT2D eigenvalue weighted by Gasteiger charge is 2.21. The highest BCUT2D eigenvalue weighted by Crippen LogP contribution is 2.32. The quantitative estimate of drug-likeness (QED) is 0.770. The topological polar surface area (TPSA) is 74.2 Å². The highest BCUT2D eigenvalue weighted by molar-refractivity contribution is 5.53. The van der Waals surface area contributed by atoms with E-state index >= 15 is 0 Å². The van der Waals surface area contributed by atoms with Crippen molar-refractivity contribution in [3.8, 4) is 5.88 Å². The summed E-state index contributed by atoms with van der Waals surface area (Å²) in [7, 11) is 1.27. The van der Waals surface area contributed by atoms with Gasteiger partial charge < -0.3 is 16.2 Å². The lowest BCUT2D eigenvalue weighted by Crippen LogP contribution is -2.09. The molecule has 0 spiro atoms. The number of aromatic nitrogens is 1. The first-order chi connectivity index (χ1) is 6.61. The van der Waals surface area contributed by atoms with Gasteiger partial charge in [-0.2, -0.15) is 0 Å². The first kappa shape index (κ1) is 10.6. The number of halogens is 2. The minimum atomic E-state index is -2.69. The van der Waals surface area contributed by atoms with Crippen LogP contribution in [0.1, 0.15) is 17.6 Å². The number of ether oxygens (including phenoxy) is 1. The maximum absolute atomic E-state index is 12.6. The van der Waals surface area contributed by atoms with Crippen molar-refractivity contribution >= 4 is 5.69 Å². The Morgan fingerprint density at radius 2 is 2.21 bits per heavy atom. The number of nitrogens with two attached hydrogens (primary N) is 2. The van der Waals surface area contributed by atoms with Gasteiger partial charge in [0.1, 0.15) is 0 Å². The minimum Gasteiger partial charge on any atom is -0.481 e. The summed E-state index contributed by atoms with van der Waals surface area (Å²) in [5.74, 6) is -0.130. The number of nitrogens with zero attached hydrogens (tertiary/aromatic N) is 1. The van der Waals surface area contributed by atoms with E-state index in [0.29, 0.717) is 0 Å². The fraction of sp³-hybridized carbons (Fsp3) is 0.375. The van der Waals surface area contributed by atoms with Gasteiger partial charge in [-0.05, 0) is 0 Å². The van der Waals surface area contributed by atoms with Crippen molar-refractivity contribution in [3.05, 3.63) is 17.3 Å². The first-order valence-corrected chi connectivity index (χ1v) is 3.91. The molecule has 1 rings (SSSR count). The summed E-state index contributed by atoms with van der Waals surface area (Å²) in [6, 6.07) is 0. The number of rotatable bonds is 3. The summed E-state index contributed by atoms with van der Waals surface area (Å²) in [4.78, 5) is 3.64. The van der Waals surface area contributed by atoms with Gasteiger partial charge in [0.2, 0.25) is 5.88 Å². The molecule has 0 aliphatic heterocycles. The Balaban J connectivity index is 3.36. The Morgan fingerprint density at radius 3 is 2.64 bits per heavy atom. The standard InChI is InChI=1S/C8H11F2N3O/c1-14-8-6(7(9)10)4(2-11)5(12)3-13-8/h3,7H,2,11-12H2,1H3. The zero-order valence-corrected chi connectivity index (χ0v) is 7.63. The van der Waals surface area contributed by atoms with E-state index in [-0.39, 0.29) is 29.2 Å². The monoisotopic (exact) mass is 203 g/mol.